The number of esters is 1. The molecule has 0 aliphatic heterocycles. The number of carboxylic acid groups (broad SMARTS) is 1. The highest BCUT2D eigenvalue weighted by molar-refractivity contribution is 6.01. The number of hydrogen-bond acceptors (Lipinski definition) is 3. The van der Waals surface area contributed by atoms with Crippen LogP contribution in [0.25, 0.3) is 0 Å². The lowest BCUT2D eigenvalue weighted by atomic mass is 9.79. The van der Waals surface area contributed by atoms with E-state index in [0.29, 0.717) is 12.8 Å². The molecule has 0 bridgehead atoms. The largest absolute Gasteiger partial charge is 0.480 e. The Morgan fingerprint density at radius 3 is 2.71 bits per heavy atom. The lowest BCUT2D eigenvalue weighted by Crippen LogP contribution is -2.40. The van der Waals surface area contributed by atoms with E-state index in [1.165, 1.54) is 6.08 Å². The molecule has 0 heterocycles. The second-order valence-electron chi connectivity index (χ2n) is 3.29. The molecule has 0 radical (unpaired) electrons. The Bertz CT molecular complexity index is 269. The van der Waals surface area contributed by atoms with Gasteiger partial charge in [-0.3, -0.25) is 9.59 Å². The number of ether oxygens (including phenoxy) is 1. The van der Waals surface area contributed by atoms with Crippen molar-refractivity contribution in [2.24, 2.45) is 5.41 Å². The summed E-state index contributed by atoms with van der Waals surface area (Å²) in [6.07, 6.45) is 5.05. The maximum absolute atomic E-state index is 11.5. The first-order valence-corrected chi connectivity index (χ1v) is 4.72. The smallest absolute Gasteiger partial charge is 0.327 e. The molecule has 14 heavy (non-hydrogen) atoms. The zero-order chi connectivity index (χ0) is 10.6. The van der Waals surface area contributed by atoms with Crippen LogP contribution in [-0.4, -0.2) is 23.7 Å². The quantitative estimate of drug-likeness (QED) is 0.422. The van der Waals surface area contributed by atoms with E-state index < -0.39 is 17.4 Å². The van der Waals surface area contributed by atoms with Gasteiger partial charge in [0.1, 0.15) is 0 Å². The van der Waals surface area contributed by atoms with Crippen LogP contribution in [0.4, 0.5) is 0 Å². The highest BCUT2D eigenvalue weighted by Crippen LogP contribution is 2.32. The molecule has 1 aliphatic carbocycles. The molecule has 0 fully saturated rings. The number of carbonyl (C=O) groups is 2. The van der Waals surface area contributed by atoms with Crippen molar-refractivity contribution in [3.63, 3.8) is 0 Å². The second kappa shape index (κ2) is 4.26. The van der Waals surface area contributed by atoms with Crippen molar-refractivity contribution in [3.05, 3.63) is 12.2 Å². The molecule has 0 saturated heterocycles. The van der Waals surface area contributed by atoms with Crippen LogP contribution in [0.15, 0.2) is 12.2 Å². The normalized spacial score (nSPS) is 25.8. The van der Waals surface area contributed by atoms with Crippen molar-refractivity contribution in [2.75, 3.05) is 6.61 Å². The summed E-state index contributed by atoms with van der Waals surface area (Å²) in [4.78, 5) is 22.5. The second-order valence-corrected chi connectivity index (χ2v) is 3.29. The number of aliphatic carboxylic acids is 1. The topological polar surface area (TPSA) is 63.6 Å². The van der Waals surface area contributed by atoms with Gasteiger partial charge in [0.2, 0.25) is 0 Å². The van der Waals surface area contributed by atoms with E-state index in [0.717, 1.165) is 6.42 Å². The van der Waals surface area contributed by atoms with Gasteiger partial charge in [0.25, 0.3) is 0 Å². The molecule has 0 spiro atoms. The predicted molar refractivity (Wildman–Crippen MR) is 49.7 cm³/mol. The zero-order valence-electron chi connectivity index (χ0n) is 8.16. The monoisotopic (exact) mass is 198 g/mol. The van der Waals surface area contributed by atoms with Crippen LogP contribution in [-0.2, 0) is 14.3 Å². The minimum absolute atomic E-state index is 0.210. The zero-order valence-corrected chi connectivity index (χ0v) is 8.16. The Hall–Kier alpha value is -1.32. The lowest BCUT2D eigenvalue weighted by Gasteiger charge is -2.25. The first kappa shape index (κ1) is 10.8. The minimum atomic E-state index is -1.44. The summed E-state index contributed by atoms with van der Waals surface area (Å²) in [6.45, 7) is 1.88. The Kier molecular flexibility index (Phi) is 3.28. The Morgan fingerprint density at radius 2 is 2.29 bits per heavy atom. The van der Waals surface area contributed by atoms with E-state index in [9.17, 15) is 9.59 Å². The van der Waals surface area contributed by atoms with Crippen molar-refractivity contribution in [3.8, 4) is 0 Å². The molecule has 0 amide bonds. The average Bonchev–Trinajstić information content (AvgIpc) is 2.19. The van der Waals surface area contributed by atoms with Crippen molar-refractivity contribution in [2.45, 2.75) is 26.2 Å². The lowest BCUT2D eigenvalue weighted by molar-refractivity contribution is -0.165. The SMILES string of the molecule is CCOC(=O)C1(C(=O)O)C=CCCC1. The molecular weight excluding hydrogens is 184 g/mol. The van der Waals surface area contributed by atoms with Crippen LogP contribution in [0, 0.1) is 5.41 Å². The first-order chi connectivity index (χ1) is 6.63. The van der Waals surface area contributed by atoms with Gasteiger partial charge >= 0.3 is 11.9 Å². The first-order valence-electron chi connectivity index (χ1n) is 4.72. The molecule has 0 aromatic carbocycles. The summed E-state index contributed by atoms with van der Waals surface area (Å²) in [5.74, 6) is -1.77. The molecule has 1 N–H and O–H groups in total. The van der Waals surface area contributed by atoms with Crippen LogP contribution in [0.3, 0.4) is 0 Å². The van der Waals surface area contributed by atoms with Gasteiger partial charge in [-0.25, -0.2) is 0 Å². The van der Waals surface area contributed by atoms with Crippen molar-refractivity contribution < 1.29 is 19.4 Å². The van der Waals surface area contributed by atoms with Crippen molar-refractivity contribution in [1.29, 1.82) is 0 Å². The number of hydrogen-bond donors (Lipinski definition) is 1. The van der Waals surface area contributed by atoms with Gasteiger partial charge in [-0.05, 0) is 26.2 Å². The summed E-state index contributed by atoms with van der Waals surface area (Å²) < 4.78 is 4.78. The van der Waals surface area contributed by atoms with Gasteiger partial charge in [-0.1, -0.05) is 12.2 Å². The molecule has 1 aliphatic rings. The van der Waals surface area contributed by atoms with Crippen molar-refractivity contribution >= 4 is 11.9 Å². The molecule has 4 heteroatoms. The van der Waals surface area contributed by atoms with E-state index >= 15 is 0 Å². The van der Waals surface area contributed by atoms with Gasteiger partial charge in [0.15, 0.2) is 5.41 Å². The Labute approximate surface area is 82.6 Å². The number of allylic oxidation sites excluding steroid dienone is 1. The van der Waals surface area contributed by atoms with E-state index in [2.05, 4.69) is 0 Å². The summed E-state index contributed by atoms with van der Waals surface area (Å²) in [6, 6.07) is 0. The molecule has 0 saturated carbocycles. The van der Waals surface area contributed by atoms with E-state index in [1.807, 2.05) is 0 Å². The molecule has 1 atom stereocenters. The van der Waals surface area contributed by atoms with Crippen LogP contribution >= 0.6 is 0 Å². The Balaban J connectivity index is 2.92. The fourth-order valence-electron chi connectivity index (χ4n) is 1.56. The van der Waals surface area contributed by atoms with Crippen LogP contribution in [0.1, 0.15) is 26.2 Å². The molecule has 1 unspecified atom stereocenters. The molecule has 1 rings (SSSR count). The van der Waals surface area contributed by atoms with Crippen LogP contribution in [0.5, 0.6) is 0 Å². The minimum Gasteiger partial charge on any atom is -0.480 e. The van der Waals surface area contributed by atoms with E-state index in [-0.39, 0.29) is 6.61 Å². The third-order valence-electron chi connectivity index (χ3n) is 2.37. The molecule has 0 aromatic heterocycles. The van der Waals surface area contributed by atoms with Gasteiger partial charge in [-0.15, -0.1) is 0 Å². The summed E-state index contributed by atoms with van der Waals surface area (Å²) in [7, 11) is 0. The summed E-state index contributed by atoms with van der Waals surface area (Å²) >= 11 is 0. The molecular formula is C10H14O4. The third-order valence-corrected chi connectivity index (χ3v) is 2.37. The number of rotatable bonds is 3. The maximum atomic E-state index is 11.5. The maximum Gasteiger partial charge on any atom is 0.327 e. The highest BCUT2D eigenvalue weighted by Gasteiger charge is 2.45. The van der Waals surface area contributed by atoms with Gasteiger partial charge < -0.3 is 9.84 Å². The van der Waals surface area contributed by atoms with Crippen LogP contribution < -0.4 is 0 Å². The molecule has 78 valence electrons. The fourth-order valence-corrected chi connectivity index (χ4v) is 1.56. The van der Waals surface area contributed by atoms with Crippen molar-refractivity contribution in [1.82, 2.24) is 0 Å². The van der Waals surface area contributed by atoms with Crippen LogP contribution in [0.2, 0.25) is 0 Å². The fraction of sp³-hybridized carbons (Fsp3) is 0.600. The summed E-state index contributed by atoms with van der Waals surface area (Å²) in [5.41, 5.74) is -1.44. The van der Waals surface area contributed by atoms with Gasteiger partial charge in [-0.2, -0.15) is 0 Å². The standard InChI is InChI=1S/C10H14O4/c1-2-14-9(13)10(8(11)12)6-4-3-5-7-10/h4,6H,2-3,5,7H2,1H3,(H,11,12). The number of carbonyl (C=O) groups excluding carboxylic acids is 1. The van der Waals surface area contributed by atoms with Gasteiger partial charge in [0, 0.05) is 0 Å². The van der Waals surface area contributed by atoms with Gasteiger partial charge in [0.05, 0.1) is 6.61 Å². The van der Waals surface area contributed by atoms with E-state index in [4.69, 9.17) is 9.84 Å². The summed E-state index contributed by atoms with van der Waals surface area (Å²) in [5, 5.41) is 9.03. The predicted octanol–water partition coefficient (Wildman–Crippen LogP) is 1.36. The van der Waals surface area contributed by atoms with E-state index in [1.54, 1.807) is 13.0 Å². The molecule has 4 nitrogen and oxygen atoms in total. The Morgan fingerprint density at radius 1 is 1.57 bits per heavy atom. The number of carboxylic acids is 1. The molecule has 0 aromatic rings. The average molecular weight is 198 g/mol. The third kappa shape index (κ3) is 1.78. The highest BCUT2D eigenvalue weighted by atomic mass is 16.5.